The smallest absolute Gasteiger partial charge is 0.191 e. The molecule has 148 valence electrons. The molecule has 2 N–H and O–H groups in total. The summed E-state index contributed by atoms with van der Waals surface area (Å²) >= 11 is 1.74. The van der Waals surface area contributed by atoms with E-state index in [1.807, 2.05) is 0 Å². The molecule has 1 aromatic heterocycles. The lowest BCUT2D eigenvalue weighted by Crippen LogP contribution is -2.45. The number of aliphatic imine (C=N–C) groups is 1. The number of hydrogen-bond acceptors (Lipinski definition) is 4. The highest BCUT2D eigenvalue weighted by atomic mass is 127. The van der Waals surface area contributed by atoms with Gasteiger partial charge in [0.05, 0.1) is 17.5 Å². The van der Waals surface area contributed by atoms with E-state index in [1.165, 1.54) is 37.0 Å². The summed E-state index contributed by atoms with van der Waals surface area (Å²) in [5.74, 6) is 1.59. The minimum atomic E-state index is -2.84. The van der Waals surface area contributed by atoms with Gasteiger partial charge in [-0.1, -0.05) is 25.3 Å². The van der Waals surface area contributed by atoms with E-state index in [4.69, 9.17) is 4.99 Å². The first-order valence-corrected chi connectivity index (χ1v) is 12.0. The van der Waals surface area contributed by atoms with Gasteiger partial charge in [-0.3, -0.25) is 4.99 Å². The Kier molecular flexibility index (Phi) is 8.66. The molecule has 26 heavy (non-hydrogen) atoms. The summed E-state index contributed by atoms with van der Waals surface area (Å²) in [6.07, 6.45) is 6.98. The molecular formula is C18H30IN3O2S2. The predicted octanol–water partition coefficient (Wildman–Crippen LogP) is 3.73. The van der Waals surface area contributed by atoms with Crippen molar-refractivity contribution in [3.8, 4) is 0 Å². The third-order valence-electron chi connectivity index (χ3n) is 5.10. The van der Waals surface area contributed by atoms with E-state index in [1.54, 1.807) is 11.3 Å². The second-order valence-electron chi connectivity index (χ2n) is 7.32. The Hall–Kier alpha value is -0.350. The maximum absolute atomic E-state index is 11.7. The van der Waals surface area contributed by atoms with Crippen LogP contribution in [0.5, 0.6) is 0 Å². The van der Waals surface area contributed by atoms with Gasteiger partial charge in [0.25, 0.3) is 0 Å². The van der Waals surface area contributed by atoms with Gasteiger partial charge < -0.3 is 10.6 Å². The van der Waals surface area contributed by atoms with Crippen molar-refractivity contribution in [2.45, 2.75) is 57.5 Å². The molecule has 0 radical (unpaired) electrons. The number of nitrogens with zero attached hydrogens (tertiary/aromatic N) is 1. The van der Waals surface area contributed by atoms with Crippen LogP contribution in [0.4, 0.5) is 0 Å². The highest BCUT2D eigenvalue weighted by Gasteiger charge is 2.27. The maximum Gasteiger partial charge on any atom is 0.191 e. The molecule has 2 unspecified atom stereocenters. The van der Waals surface area contributed by atoms with E-state index in [2.05, 4.69) is 35.1 Å². The Bertz CT molecular complexity index is 671. The molecule has 1 aliphatic carbocycles. The summed E-state index contributed by atoms with van der Waals surface area (Å²) in [6.45, 7) is 2.72. The van der Waals surface area contributed by atoms with Crippen LogP contribution in [0.25, 0.3) is 0 Å². The SMILES string of the molecule is CC(NC(=NCC1CCS(=O)(=O)C1)NC1CCCCC1)c1cccs1.I. The van der Waals surface area contributed by atoms with Crippen molar-refractivity contribution >= 4 is 51.1 Å². The molecule has 1 saturated heterocycles. The molecule has 1 aliphatic heterocycles. The molecule has 1 saturated carbocycles. The average Bonchev–Trinajstić information content (AvgIpc) is 3.23. The Labute approximate surface area is 178 Å². The van der Waals surface area contributed by atoms with Crippen molar-refractivity contribution in [1.29, 1.82) is 0 Å². The minimum Gasteiger partial charge on any atom is -0.354 e. The molecule has 2 fully saturated rings. The first-order valence-electron chi connectivity index (χ1n) is 9.33. The standard InChI is InChI=1S/C18H29N3O2S2.HI/c1-14(17-8-5-10-24-17)20-18(21-16-6-3-2-4-7-16)19-12-15-9-11-25(22,23)13-15;/h5,8,10,14-16H,2-4,6-7,9,11-13H2,1H3,(H2,19,20,21);1H. The van der Waals surface area contributed by atoms with Crippen molar-refractivity contribution in [1.82, 2.24) is 10.6 Å². The lowest BCUT2D eigenvalue weighted by molar-refractivity contribution is 0.408. The Morgan fingerprint density at radius 3 is 2.69 bits per heavy atom. The number of guanidine groups is 1. The van der Waals surface area contributed by atoms with E-state index in [0.29, 0.717) is 18.3 Å². The van der Waals surface area contributed by atoms with Crippen LogP contribution < -0.4 is 10.6 Å². The molecule has 0 aromatic carbocycles. The first kappa shape index (κ1) is 21.9. The number of hydrogen-bond donors (Lipinski definition) is 2. The number of rotatable bonds is 5. The fourth-order valence-electron chi connectivity index (χ4n) is 3.62. The Balaban J connectivity index is 0.00000243. The monoisotopic (exact) mass is 511 g/mol. The van der Waals surface area contributed by atoms with Gasteiger partial charge in [0.15, 0.2) is 15.8 Å². The molecule has 3 rings (SSSR count). The van der Waals surface area contributed by atoms with Gasteiger partial charge in [0.1, 0.15) is 0 Å². The van der Waals surface area contributed by atoms with Gasteiger partial charge in [-0.2, -0.15) is 0 Å². The molecule has 8 heteroatoms. The molecule has 2 atom stereocenters. The second kappa shape index (κ2) is 10.3. The molecule has 2 aliphatic rings. The summed E-state index contributed by atoms with van der Waals surface area (Å²) in [6, 6.07) is 4.86. The summed E-state index contributed by atoms with van der Waals surface area (Å²) in [7, 11) is -2.84. The zero-order valence-corrected chi connectivity index (χ0v) is 19.3. The van der Waals surface area contributed by atoms with Gasteiger partial charge >= 0.3 is 0 Å². The number of nitrogens with one attached hydrogen (secondary N) is 2. The van der Waals surface area contributed by atoms with E-state index < -0.39 is 9.84 Å². The van der Waals surface area contributed by atoms with Crippen LogP contribution in [0.15, 0.2) is 22.5 Å². The summed E-state index contributed by atoms with van der Waals surface area (Å²) < 4.78 is 23.3. The van der Waals surface area contributed by atoms with Crippen LogP contribution >= 0.6 is 35.3 Å². The van der Waals surface area contributed by atoms with Crippen molar-refractivity contribution in [3.05, 3.63) is 22.4 Å². The van der Waals surface area contributed by atoms with Crippen LogP contribution in [0.3, 0.4) is 0 Å². The molecule has 0 bridgehead atoms. The highest BCUT2D eigenvalue weighted by Crippen LogP contribution is 2.21. The topological polar surface area (TPSA) is 70.6 Å². The normalized spacial score (nSPS) is 24.7. The molecule has 0 spiro atoms. The number of halogens is 1. The van der Waals surface area contributed by atoms with Gasteiger partial charge in [0.2, 0.25) is 0 Å². The van der Waals surface area contributed by atoms with E-state index >= 15 is 0 Å². The lowest BCUT2D eigenvalue weighted by Gasteiger charge is -2.26. The summed E-state index contributed by atoms with van der Waals surface area (Å²) in [5.41, 5.74) is 0. The molecular weight excluding hydrogens is 481 g/mol. The largest absolute Gasteiger partial charge is 0.354 e. The van der Waals surface area contributed by atoms with Crippen molar-refractivity contribution in [2.75, 3.05) is 18.1 Å². The van der Waals surface area contributed by atoms with Gasteiger partial charge in [0, 0.05) is 17.5 Å². The van der Waals surface area contributed by atoms with Crippen molar-refractivity contribution in [3.63, 3.8) is 0 Å². The number of thiophene rings is 1. The van der Waals surface area contributed by atoms with Gasteiger partial charge in [-0.15, -0.1) is 35.3 Å². The third kappa shape index (κ3) is 6.67. The third-order valence-corrected chi connectivity index (χ3v) is 8.00. The average molecular weight is 511 g/mol. The van der Waals surface area contributed by atoms with Crippen LogP contribution in [-0.4, -0.2) is 38.5 Å². The fourth-order valence-corrected chi connectivity index (χ4v) is 6.21. The van der Waals surface area contributed by atoms with Crippen LogP contribution in [-0.2, 0) is 9.84 Å². The molecule has 0 amide bonds. The first-order chi connectivity index (χ1) is 12.0. The molecule has 2 heterocycles. The Morgan fingerprint density at radius 2 is 2.08 bits per heavy atom. The fraction of sp³-hybridized carbons (Fsp3) is 0.722. The van der Waals surface area contributed by atoms with Gasteiger partial charge in [-0.05, 0) is 43.6 Å². The van der Waals surface area contributed by atoms with E-state index in [0.717, 1.165) is 12.4 Å². The second-order valence-corrected chi connectivity index (χ2v) is 10.5. The predicted molar refractivity (Wildman–Crippen MR) is 120 cm³/mol. The molecule has 1 aromatic rings. The van der Waals surface area contributed by atoms with E-state index in [9.17, 15) is 8.42 Å². The highest BCUT2D eigenvalue weighted by molar-refractivity contribution is 14.0. The van der Waals surface area contributed by atoms with Crippen LogP contribution in [0, 0.1) is 5.92 Å². The van der Waals surface area contributed by atoms with Crippen LogP contribution in [0.2, 0.25) is 0 Å². The quantitative estimate of drug-likeness (QED) is 0.359. The summed E-state index contributed by atoms with van der Waals surface area (Å²) in [5, 5.41) is 9.18. The van der Waals surface area contributed by atoms with E-state index in [-0.39, 0.29) is 41.7 Å². The summed E-state index contributed by atoms with van der Waals surface area (Å²) in [4.78, 5) is 6.03. The zero-order chi connectivity index (χ0) is 17.7. The maximum atomic E-state index is 11.7. The van der Waals surface area contributed by atoms with Crippen molar-refractivity contribution < 1.29 is 8.42 Å². The number of sulfone groups is 1. The zero-order valence-electron chi connectivity index (χ0n) is 15.3. The van der Waals surface area contributed by atoms with Crippen LogP contribution in [0.1, 0.15) is 56.4 Å². The van der Waals surface area contributed by atoms with Crippen molar-refractivity contribution in [2.24, 2.45) is 10.9 Å². The lowest BCUT2D eigenvalue weighted by atomic mass is 9.96. The van der Waals surface area contributed by atoms with Gasteiger partial charge in [-0.25, -0.2) is 8.42 Å². The molecule has 5 nitrogen and oxygen atoms in total. The minimum absolute atomic E-state index is 0. The Morgan fingerprint density at radius 1 is 1.31 bits per heavy atom.